The molecule has 0 saturated heterocycles. The molecule has 1 unspecified atom stereocenters. The van der Waals surface area contributed by atoms with Gasteiger partial charge in [-0.1, -0.05) is 17.7 Å². The first kappa shape index (κ1) is 10.1. The van der Waals surface area contributed by atoms with E-state index in [2.05, 4.69) is 26.0 Å². The van der Waals surface area contributed by atoms with Crippen LogP contribution in [0.2, 0.25) is 0 Å². The van der Waals surface area contributed by atoms with Crippen molar-refractivity contribution in [2.24, 2.45) is 0 Å². The normalized spacial score (nSPS) is 19.9. The molecule has 1 atom stereocenters. The molecule has 1 aromatic carbocycles. The van der Waals surface area contributed by atoms with E-state index in [1.165, 1.54) is 28.5 Å². The number of hydrogen-bond donors (Lipinski definition) is 2. The average Bonchev–Trinajstić information content (AvgIpc) is 2.17. The van der Waals surface area contributed by atoms with E-state index in [4.69, 9.17) is 10.8 Å². The van der Waals surface area contributed by atoms with Gasteiger partial charge in [0.1, 0.15) is 0 Å². The zero-order chi connectivity index (χ0) is 11.0. The van der Waals surface area contributed by atoms with Gasteiger partial charge in [0.25, 0.3) is 0 Å². The Bertz CT molecular complexity index is 432. The van der Waals surface area contributed by atoms with Crippen molar-refractivity contribution in [2.45, 2.75) is 32.6 Å². The van der Waals surface area contributed by atoms with Crippen molar-refractivity contribution in [3.63, 3.8) is 0 Å². The third-order valence-corrected chi connectivity index (χ3v) is 3.17. The van der Waals surface area contributed by atoms with Crippen LogP contribution in [0.15, 0.2) is 12.1 Å². The van der Waals surface area contributed by atoms with Gasteiger partial charge in [-0.15, -0.1) is 0 Å². The van der Waals surface area contributed by atoms with Gasteiger partial charge in [-0.05, 0) is 43.4 Å². The Kier molecular flexibility index (Phi) is 2.43. The lowest BCUT2D eigenvalue weighted by molar-refractivity contribution is 0.899. The first-order valence-electron chi connectivity index (χ1n) is 5.31. The summed E-state index contributed by atoms with van der Waals surface area (Å²) in [7, 11) is 0. The Morgan fingerprint density at radius 3 is 2.67 bits per heavy atom. The molecule has 2 N–H and O–H groups in total. The summed E-state index contributed by atoms with van der Waals surface area (Å²) in [4.78, 5) is 0. The van der Waals surface area contributed by atoms with Gasteiger partial charge < -0.3 is 10.8 Å². The molecule has 0 saturated carbocycles. The highest BCUT2D eigenvalue weighted by Gasteiger charge is 2.24. The van der Waals surface area contributed by atoms with Crippen molar-refractivity contribution in [3.8, 4) is 0 Å². The monoisotopic (exact) mass is 200 g/mol. The highest BCUT2D eigenvalue weighted by Crippen LogP contribution is 2.31. The number of rotatable bonds is 1. The predicted molar refractivity (Wildman–Crippen MR) is 63.5 cm³/mol. The molecule has 15 heavy (non-hydrogen) atoms. The summed E-state index contributed by atoms with van der Waals surface area (Å²) in [6.07, 6.45) is 3.17. The van der Waals surface area contributed by atoms with Gasteiger partial charge in [-0.25, -0.2) is 0 Å². The van der Waals surface area contributed by atoms with Crippen LogP contribution < -0.4 is 0 Å². The topological polar surface area (TPSA) is 47.7 Å². The van der Waals surface area contributed by atoms with Crippen LogP contribution in [-0.4, -0.2) is 11.9 Å². The number of fused-ring (bicyclic) bond motifs is 1. The molecular weight excluding hydrogens is 184 g/mol. The SMILES string of the molecule is Cc1cc(C)c2c(c1)C(C=N)C(=N)CC2. The van der Waals surface area contributed by atoms with Gasteiger partial charge in [-0.2, -0.15) is 0 Å². The number of aryl methyl sites for hydroxylation is 2. The third kappa shape index (κ3) is 1.60. The second kappa shape index (κ2) is 3.61. The Hall–Kier alpha value is -1.44. The zero-order valence-corrected chi connectivity index (χ0v) is 9.22. The molecule has 0 fully saturated rings. The van der Waals surface area contributed by atoms with Crippen LogP contribution in [0.3, 0.4) is 0 Å². The van der Waals surface area contributed by atoms with Gasteiger partial charge in [0.2, 0.25) is 0 Å². The summed E-state index contributed by atoms with van der Waals surface area (Å²) < 4.78 is 0. The maximum atomic E-state index is 7.87. The molecule has 0 heterocycles. The van der Waals surface area contributed by atoms with Crippen molar-refractivity contribution in [3.05, 3.63) is 34.4 Å². The molecule has 0 spiro atoms. The largest absolute Gasteiger partial charge is 0.312 e. The fourth-order valence-electron chi connectivity index (χ4n) is 2.44. The van der Waals surface area contributed by atoms with E-state index in [0.29, 0.717) is 5.71 Å². The Balaban J connectivity index is 2.62. The van der Waals surface area contributed by atoms with E-state index in [0.717, 1.165) is 12.8 Å². The first-order valence-corrected chi connectivity index (χ1v) is 5.31. The standard InChI is InChI=1S/C13H16N2/c1-8-5-9(2)10-3-4-13(15)12(7-14)11(10)6-8/h5-7,12,14-15H,3-4H2,1-2H3. The van der Waals surface area contributed by atoms with E-state index < -0.39 is 0 Å². The Morgan fingerprint density at radius 1 is 1.27 bits per heavy atom. The molecule has 0 aromatic heterocycles. The molecule has 78 valence electrons. The number of nitrogens with one attached hydrogen (secondary N) is 2. The van der Waals surface area contributed by atoms with Crippen LogP contribution in [0.25, 0.3) is 0 Å². The fourth-order valence-corrected chi connectivity index (χ4v) is 2.44. The summed E-state index contributed by atoms with van der Waals surface area (Å²) in [6.45, 7) is 4.20. The second-order valence-corrected chi connectivity index (χ2v) is 4.32. The quantitative estimate of drug-likeness (QED) is 0.655. The molecule has 0 radical (unpaired) electrons. The lowest BCUT2D eigenvalue weighted by atomic mass is 9.79. The lowest BCUT2D eigenvalue weighted by Crippen LogP contribution is -2.21. The zero-order valence-electron chi connectivity index (χ0n) is 9.22. The van der Waals surface area contributed by atoms with Crippen LogP contribution in [0.1, 0.15) is 34.6 Å². The van der Waals surface area contributed by atoms with Gasteiger partial charge >= 0.3 is 0 Å². The van der Waals surface area contributed by atoms with Crippen molar-refractivity contribution < 1.29 is 0 Å². The summed E-state index contributed by atoms with van der Waals surface area (Å²) in [5.41, 5.74) is 5.75. The number of hydrogen-bond acceptors (Lipinski definition) is 2. The van der Waals surface area contributed by atoms with Crippen molar-refractivity contribution in [2.75, 3.05) is 0 Å². The molecule has 2 heteroatoms. The smallest absolute Gasteiger partial charge is 0.0566 e. The van der Waals surface area contributed by atoms with Crippen LogP contribution in [-0.2, 0) is 6.42 Å². The van der Waals surface area contributed by atoms with Crippen LogP contribution in [0, 0.1) is 24.7 Å². The average molecular weight is 200 g/mol. The number of benzene rings is 1. The van der Waals surface area contributed by atoms with E-state index in [1.54, 1.807) is 0 Å². The lowest BCUT2D eigenvalue weighted by Gasteiger charge is -2.25. The Morgan fingerprint density at radius 2 is 2.00 bits per heavy atom. The highest BCUT2D eigenvalue weighted by molar-refractivity contribution is 6.03. The predicted octanol–water partition coefficient (Wildman–Crippen LogP) is 3.00. The van der Waals surface area contributed by atoms with E-state index in [1.807, 2.05) is 0 Å². The fraction of sp³-hybridized carbons (Fsp3) is 0.385. The van der Waals surface area contributed by atoms with E-state index in [9.17, 15) is 0 Å². The molecule has 1 aliphatic rings. The molecule has 0 bridgehead atoms. The van der Waals surface area contributed by atoms with Crippen molar-refractivity contribution in [1.82, 2.24) is 0 Å². The van der Waals surface area contributed by atoms with Gasteiger partial charge in [0.15, 0.2) is 0 Å². The van der Waals surface area contributed by atoms with Crippen molar-refractivity contribution in [1.29, 1.82) is 10.8 Å². The molecule has 0 amide bonds. The van der Waals surface area contributed by atoms with E-state index in [-0.39, 0.29) is 5.92 Å². The van der Waals surface area contributed by atoms with Gasteiger partial charge in [0, 0.05) is 11.9 Å². The molecule has 1 aliphatic carbocycles. The third-order valence-electron chi connectivity index (χ3n) is 3.17. The maximum absolute atomic E-state index is 7.87. The van der Waals surface area contributed by atoms with E-state index >= 15 is 0 Å². The minimum atomic E-state index is -0.0765. The first-order chi connectivity index (χ1) is 7.13. The maximum Gasteiger partial charge on any atom is 0.0566 e. The molecular formula is C13H16N2. The summed E-state index contributed by atoms with van der Waals surface area (Å²) >= 11 is 0. The minimum Gasteiger partial charge on any atom is -0.312 e. The van der Waals surface area contributed by atoms with Crippen LogP contribution in [0.5, 0.6) is 0 Å². The highest BCUT2D eigenvalue weighted by atomic mass is 14.5. The molecule has 0 aliphatic heterocycles. The van der Waals surface area contributed by atoms with Gasteiger partial charge in [0.05, 0.1) is 5.92 Å². The molecule has 2 nitrogen and oxygen atoms in total. The van der Waals surface area contributed by atoms with Crippen molar-refractivity contribution >= 4 is 11.9 Å². The van der Waals surface area contributed by atoms with Crippen LogP contribution >= 0.6 is 0 Å². The second-order valence-electron chi connectivity index (χ2n) is 4.32. The summed E-state index contributed by atoms with van der Waals surface area (Å²) in [6, 6.07) is 4.32. The van der Waals surface area contributed by atoms with Crippen LogP contribution in [0.4, 0.5) is 0 Å². The van der Waals surface area contributed by atoms with Gasteiger partial charge in [-0.3, -0.25) is 0 Å². The summed E-state index contributed by atoms with van der Waals surface area (Å²) in [5, 5.41) is 15.3. The molecule has 2 rings (SSSR count). The minimum absolute atomic E-state index is 0.0765. The Labute approximate surface area is 90.4 Å². The summed E-state index contributed by atoms with van der Waals surface area (Å²) in [5.74, 6) is -0.0765. The molecule has 1 aromatic rings.